The van der Waals surface area contributed by atoms with Gasteiger partial charge in [-0.3, -0.25) is 0 Å². The lowest BCUT2D eigenvalue weighted by Gasteiger charge is -2.16. The van der Waals surface area contributed by atoms with Crippen LogP contribution in [0.25, 0.3) is 12.2 Å². The van der Waals surface area contributed by atoms with Crippen LogP contribution in [0.4, 0.5) is 5.69 Å². The van der Waals surface area contributed by atoms with Gasteiger partial charge in [0.15, 0.2) is 0 Å². The van der Waals surface area contributed by atoms with Gasteiger partial charge in [-0.1, -0.05) is 31.1 Å². The molecule has 1 heterocycles. The van der Waals surface area contributed by atoms with Crippen LogP contribution in [0.1, 0.15) is 44.2 Å². The minimum absolute atomic E-state index is 0.141. The van der Waals surface area contributed by atoms with Crippen molar-refractivity contribution in [2.24, 2.45) is 5.92 Å². The predicted molar refractivity (Wildman–Crippen MR) is 83.3 cm³/mol. The summed E-state index contributed by atoms with van der Waals surface area (Å²) in [5, 5.41) is 4.00. The van der Waals surface area contributed by atoms with Gasteiger partial charge in [-0.2, -0.15) is 4.98 Å². The van der Waals surface area contributed by atoms with Crippen LogP contribution < -0.4 is 5.73 Å². The summed E-state index contributed by atoms with van der Waals surface area (Å²) in [5.74, 6) is 1.34. The number of rotatable bonds is 6. The van der Waals surface area contributed by atoms with Crippen molar-refractivity contribution < 1.29 is 9.26 Å². The SMILES string of the molecule is CCOC(c1noc(/C=C/c2ccc(N)cc2)n1)C(C)C. The second-order valence-corrected chi connectivity index (χ2v) is 5.11. The van der Waals surface area contributed by atoms with E-state index in [-0.39, 0.29) is 12.0 Å². The molecule has 21 heavy (non-hydrogen) atoms. The molecular weight excluding hydrogens is 266 g/mol. The molecule has 1 unspecified atom stereocenters. The van der Waals surface area contributed by atoms with Crippen molar-refractivity contribution in [3.05, 3.63) is 41.5 Å². The van der Waals surface area contributed by atoms with Crippen molar-refractivity contribution in [3.63, 3.8) is 0 Å². The molecule has 0 aliphatic rings. The Labute approximate surface area is 124 Å². The molecule has 0 spiro atoms. The normalized spacial score (nSPS) is 13.1. The lowest BCUT2D eigenvalue weighted by atomic mass is 10.1. The summed E-state index contributed by atoms with van der Waals surface area (Å²) < 4.78 is 10.9. The van der Waals surface area contributed by atoms with E-state index in [0.717, 1.165) is 11.3 Å². The predicted octanol–water partition coefficient (Wildman–Crippen LogP) is 3.56. The number of benzene rings is 1. The quantitative estimate of drug-likeness (QED) is 0.822. The first kappa shape index (κ1) is 15.3. The second kappa shape index (κ2) is 7.04. The molecule has 0 aliphatic heterocycles. The molecule has 112 valence electrons. The van der Waals surface area contributed by atoms with Gasteiger partial charge < -0.3 is 15.0 Å². The van der Waals surface area contributed by atoms with Crippen molar-refractivity contribution in [3.8, 4) is 0 Å². The Hall–Kier alpha value is -2.14. The van der Waals surface area contributed by atoms with E-state index >= 15 is 0 Å². The van der Waals surface area contributed by atoms with Crippen molar-refractivity contribution in [2.75, 3.05) is 12.3 Å². The van der Waals surface area contributed by atoms with Crippen LogP contribution in [0.3, 0.4) is 0 Å². The third-order valence-corrected chi connectivity index (χ3v) is 3.02. The monoisotopic (exact) mass is 287 g/mol. The van der Waals surface area contributed by atoms with Gasteiger partial charge in [0, 0.05) is 18.4 Å². The molecule has 0 bridgehead atoms. The fraction of sp³-hybridized carbons (Fsp3) is 0.375. The summed E-state index contributed by atoms with van der Waals surface area (Å²) in [7, 11) is 0. The number of nitrogens with zero attached hydrogens (tertiary/aromatic N) is 2. The maximum absolute atomic E-state index is 5.66. The van der Waals surface area contributed by atoms with Crippen LogP contribution in [0.2, 0.25) is 0 Å². The molecule has 1 aromatic carbocycles. The molecule has 5 nitrogen and oxygen atoms in total. The number of hydrogen-bond donors (Lipinski definition) is 1. The fourth-order valence-corrected chi connectivity index (χ4v) is 1.95. The van der Waals surface area contributed by atoms with E-state index in [1.165, 1.54) is 0 Å². The number of ether oxygens (including phenoxy) is 1. The average molecular weight is 287 g/mol. The highest BCUT2D eigenvalue weighted by atomic mass is 16.5. The Morgan fingerprint density at radius 2 is 1.95 bits per heavy atom. The first-order valence-corrected chi connectivity index (χ1v) is 7.09. The van der Waals surface area contributed by atoms with E-state index in [1.54, 1.807) is 6.08 Å². The first-order chi connectivity index (χ1) is 10.1. The highest BCUT2D eigenvalue weighted by molar-refractivity contribution is 5.66. The summed E-state index contributed by atoms with van der Waals surface area (Å²) in [4.78, 5) is 4.37. The van der Waals surface area contributed by atoms with Gasteiger partial charge in [0.2, 0.25) is 5.82 Å². The number of hydrogen-bond acceptors (Lipinski definition) is 5. The molecule has 0 aliphatic carbocycles. The highest BCUT2D eigenvalue weighted by Crippen LogP contribution is 2.23. The Kier molecular flexibility index (Phi) is 5.11. The van der Waals surface area contributed by atoms with Gasteiger partial charge in [-0.25, -0.2) is 0 Å². The maximum Gasteiger partial charge on any atom is 0.250 e. The highest BCUT2D eigenvalue weighted by Gasteiger charge is 2.21. The Bertz CT molecular complexity index is 588. The molecule has 1 atom stereocenters. The van der Waals surface area contributed by atoms with Gasteiger partial charge in [0.05, 0.1) is 0 Å². The lowest BCUT2D eigenvalue weighted by Crippen LogP contribution is -2.12. The van der Waals surface area contributed by atoms with Crippen LogP contribution in [-0.2, 0) is 4.74 Å². The molecule has 0 saturated heterocycles. The van der Waals surface area contributed by atoms with Gasteiger partial charge in [-0.15, -0.1) is 0 Å². The molecule has 0 fully saturated rings. The Morgan fingerprint density at radius 3 is 2.57 bits per heavy atom. The van der Waals surface area contributed by atoms with E-state index in [1.807, 2.05) is 37.3 Å². The van der Waals surface area contributed by atoms with Gasteiger partial charge in [0.25, 0.3) is 5.89 Å². The van der Waals surface area contributed by atoms with Crippen LogP contribution >= 0.6 is 0 Å². The number of nitrogen functional groups attached to an aromatic ring is 1. The van der Waals surface area contributed by atoms with E-state index in [4.69, 9.17) is 15.0 Å². The van der Waals surface area contributed by atoms with E-state index in [9.17, 15) is 0 Å². The van der Waals surface area contributed by atoms with Crippen molar-refractivity contribution in [1.29, 1.82) is 0 Å². The lowest BCUT2D eigenvalue weighted by molar-refractivity contribution is 0.0217. The third kappa shape index (κ3) is 4.16. The molecule has 5 heteroatoms. The number of anilines is 1. The van der Waals surface area contributed by atoms with Crippen LogP contribution in [0.15, 0.2) is 28.8 Å². The van der Waals surface area contributed by atoms with Crippen LogP contribution in [0, 0.1) is 5.92 Å². The molecule has 1 aromatic heterocycles. The Balaban J connectivity index is 2.10. The largest absolute Gasteiger partial charge is 0.399 e. The van der Waals surface area contributed by atoms with Gasteiger partial charge in [0.1, 0.15) is 6.10 Å². The van der Waals surface area contributed by atoms with Crippen LogP contribution in [-0.4, -0.2) is 16.7 Å². The zero-order valence-electron chi connectivity index (χ0n) is 12.6. The van der Waals surface area contributed by atoms with Crippen molar-refractivity contribution >= 4 is 17.8 Å². The van der Waals surface area contributed by atoms with Gasteiger partial charge in [-0.05, 0) is 36.6 Å². The molecule has 0 saturated carbocycles. The zero-order valence-corrected chi connectivity index (χ0v) is 12.6. The van der Waals surface area contributed by atoms with E-state index < -0.39 is 0 Å². The minimum atomic E-state index is -0.141. The molecular formula is C16H21N3O2. The molecule has 2 rings (SSSR count). The molecule has 0 amide bonds. The van der Waals surface area contributed by atoms with E-state index in [2.05, 4.69) is 24.0 Å². The van der Waals surface area contributed by atoms with Crippen LogP contribution in [0.5, 0.6) is 0 Å². The standard InChI is InChI=1S/C16H21N3O2/c1-4-20-15(11(2)3)16-18-14(21-19-16)10-7-12-5-8-13(17)9-6-12/h5-11,15H,4,17H2,1-3H3/b10-7+. The number of nitrogens with two attached hydrogens (primary N) is 1. The maximum atomic E-state index is 5.66. The summed E-state index contributed by atoms with van der Waals surface area (Å²) in [6, 6.07) is 7.56. The Morgan fingerprint density at radius 1 is 1.24 bits per heavy atom. The van der Waals surface area contributed by atoms with Crippen molar-refractivity contribution in [2.45, 2.75) is 26.9 Å². The molecule has 2 aromatic rings. The fourth-order valence-electron chi connectivity index (χ4n) is 1.95. The van der Waals surface area contributed by atoms with Gasteiger partial charge >= 0.3 is 0 Å². The van der Waals surface area contributed by atoms with E-state index in [0.29, 0.717) is 18.3 Å². The smallest absolute Gasteiger partial charge is 0.250 e. The second-order valence-electron chi connectivity index (χ2n) is 5.11. The third-order valence-electron chi connectivity index (χ3n) is 3.02. The summed E-state index contributed by atoms with van der Waals surface area (Å²) in [6.07, 6.45) is 3.55. The zero-order chi connectivity index (χ0) is 15.2. The average Bonchev–Trinajstić information content (AvgIpc) is 2.92. The summed E-state index contributed by atoms with van der Waals surface area (Å²) in [6.45, 7) is 6.71. The summed E-state index contributed by atoms with van der Waals surface area (Å²) >= 11 is 0. The molecule has 0 radical (unpaired) electrons. The minimum Gasteiger partial charge on any atom is -0.399 e. The molecule has 2 N–H and O–H groups in total. The topological polar surface area (TPSA) is 74.2 Å². The first-order valence-electron chi connectivity index (χ1n) is 7.09. The van der Waals surface area contributed by atoms with Crippen molar-refractivity contribution in [1.82, 2.24) is 10.1 Å². The number of aromatic nitrogens is 2. The summed E-state index contributed by atoms with van der Waals surface area (Å²) in [5.41, 5.74) is 7.41.